The van der Waals surface area contributed by atoms with Crippen molar-refractivity contribution in [3.05, 3.63) is 34.9 Å². The van der Waals surface area contributed by atoms with Gasteiger partial charge >= 0.3 is 0 Å². The summed E-state index contributed by atoms with van der Waals surface area (Å²) in [4.78, 5) is 0. The quantitative estimate of drug-likeness (QED) is 0.737. The molecule has 1 aromatic carbocycles. The first kappa shape index (κ1) is 12.6. The van der Waals surface area contributed by atoms with Crippen LogP contribution in [0.25, 0.3) is 0 Å². The van der Waals surface area contributed by atoms with Gasteiger partial charge in [-0.25, -0.2) is 0 Å². The number of hydrogen-bond donors (Lipinski definition) is 3. The van der Waals surface area contributed by atoms with E-state index in [0.717, 1.165) is 12.8 Å². The summed E-state index contributed by atoms with van der Waals surface area (Å²) >= 11 is 0. The van der Waals surface area contributed by atoms with Crippen LogP contribution in [0.15, 0.2) is 18.2 Å². The second-order valence-electron chi connectivity index (χ2n) is 5.33. The Hall–Kier alpha value is -0.900. The first-order valence-electron chi connectivity index (χ1n) is 6.18. The van der Waals surface area contributed by atoms with Crippen molar-refractivity contribution >= 4 is 0 Å². The van der Waals surface area contributed by atoms with Crippen LogP contribution in [0, 0.1) is 6.92 Å². The Morgan fingerprint density at radius 3 is 2.94 bits per heavy atom. The van der Waals surface area contributed by atoms with Crippen molar-refractivity contribution in [1.29, 1.82) is 0 Å². The van der Waals surface area contributed by atoms with Crippen LogP contribution in [0.3, 0.4) is 0 Å². The van der Waals surface area contributed by atoms with E-state index in [1.165, 1.54) is 16.7 Å². The smallest absolute Gasteiger partial charge is 0.0973 e. The Bertz CT molecular complexity index is 401. The first-order chi connectivity index (χ1) is 8.02. The first-order valence-corrected chi connectivity index (χ1v) is 6.18. The van der Waals surface area contributed by atoms with Crippen LogP contribution in [0.4, 0.5) is 0 Å². The topological polar surface area (TPSA) is 52.5 Å². The number of hydrogen-bond acceptors (Lipinski definition) is 3. The van der Waals surface area contributed by atoms with Crippen molar-refractivity contribution < 1.29 is 10.2 Å². The van der Waals surface area contributed by atoms with E-state index in [-0.39, 0.29) is 6.61 Å². The van der Waals surface area contributed by atoms with Crippen LogP contribution in [-0.2, 0) is 6.42 Å². The number of rotatable bonds is 4. The molecule has 0 saturated carbocycles. The highest BCUT2D eigenvalue weighted by atomic mass is 16.3. The lowest BCUT2D eigenvalue weighted by atomic mass is 10.0. The van der Waals surface area contributed by atoms with Gasteiger partial charge in [-0.1, -0.05) is 23.8 Å². The molecule has 2 rings (SSSR count). The van der Waals surface area contributed by atoms with Gasteiger partial charge in [0.1, 0.15) is 0 Å². The fraction of sp³-hybridized carbons (Fsp3) is 0.571. The van der Waals surface area contributed by atoms with E-state index >= 15 is 0 Å². The SMILES string of the molecule is Cc1ccc2c(c1)C(NCC(C)(O)CO)CC2. The van der Waals surface area contributed by atoms with Crippen molar-refractivity contribution in [3.63, 3.8) is 0 Å². The molecule has 94 valence electrons. The van der Waals surface area contributed by atoms with Gasteiger partial charge < -0.3 is 15.5 Å². The summed E-state index contributed by atoms with van der Waals surface area (Å²) in [7, 11) is 0. The molecule has 0 saturated heterocycles. The summed E-state index contributed by atoms with van der Waals surface area (Å²) in [5.41, 5.74) is 2.98. The Labute approximate surface area is 102 Å². The Balaban J connectivity index is 2.04. The van der Waals surface area contributed by atoms with E-state index < -0.39 is 5.60 Å². The molecule has 2 atom stereocenters. The molecule has 0 amide bonds. The minimum atomic E-state index is -1.04. The summed E-state index contributed by atoms with van der Waals surface area (Å²) in [6.45, 7) is 3.95. The maximum atomic E-state index is 9.77. The highest BCUT2D eigenvalue weighted by Crippen LogP contribution is 2.31. The van der Waals surface area contributed by atoms with Crippen LogP contribution in [0.1, 0.15) is 36.1 Å². The molecule has 17 heavy (non-hydrogen) atoms. The molecule has 0 aliphatic heterocycles. The van der Waals surface area contributed by atoms with Crippen molar-refractivity contribution in [2.45, 2.75) is 38.3 Å². The normalized spacial score (nSPS) is 22.2. The molecule has 3 N–H and O–H groups in total. The molecule has 0 bridgehead atoms. The van der Waals surface area contributed by atoms with Crippen LogP contribution in [0.2, 0.25) is 0 Å². The van der Waals surface area contributed by atoms with Crippen molar-refractivity contribution in [2.24, 2.45) is 0 Å². The summed E-state index contributed by atoms with van der Waals surface area (Å²) in [5.74, 6) is 0. The molecule has 2 unspecified atom stereocenters. The molecule has 3 nitrogen and oxygen atoms in total. The van der Waals surface area contributed by atoms with Gasteiger partial charge in [-0.05, 0) is 37.8 Å². The maximum absolute atomic E-state index is 9.77. The molecular formula is C14H21NO2. The zero-order valence-electron chi connectivity index (χ0n) is 10.5. The number of aryl methyl sites for hydroxylation is 2. The van der Waals surface area contributed by atoms with E-state index in [1.54, 1.807) is 6.92 Å². The highest BCUT2D eigenvalue weighted by Gasteiger charge is 2.25. The maximum Gasteiger partial charge on any atom is 0.0973 e. The molecule has 3 heteroatoms. The minimum absolute atomic E-state index is 0.215. The van der Waals surface area contributed by atoms with Crippen LogP contribution in [-0.4, -0.2) is 29.0 Å². The molecule has 0 fully saturated rings. The Morgan fingerprint density at radius 2 is 2.24 bits per heavy atom. The number of nitrogens with one attached hydrogen (secondary N) is 1. The molecule has 0 radical (unpaired) electrons. The van der Waals surface area contributed by atoms with Gasteiger partial charge in [-0.3, -0.25) is 0 Å². The van der Waals surface area contributed by atoms with Gasteiger partial charge in [0.25, 0.3) is 0 Å². The lowest BCUT2D eigenvalue weighted by molar-refractivity contribution is 0.000716. The second-order valence-corrected chi connectivity index (χ2v) is 5.33. The van der Waals surface area contributed by atoms with Crippen molar-refractivity contribution in [3.8, 4) is 0 Å². The Kier molecular flexibility index (Phi) is 3.52. The van der Waals surface area contributed by atoms with Crippen LogP contribution >= 0.6 is 0 Å². The van der Waals surface area contributed by atoms with Gasteiger partial charge in [0.2, 0.25) is 0 Å². The standard InChI is InChI=1S/C14H21NO2/c1-10-3-4-11-5-6-13(12(11)7-10)15-8-14(2,17)9-16/h3-4,7,13,15-17H,5-6,8-9H2,1-2H3. The lowest BCUT2D eigenvalue weighted by Crippen LogP contribution is -2.41. The van der Waals surface area contributed by atoms with Crippen LogP contribution in [0.5, 0.6) is 0 Å². The van der Waals surface area contributed by atoms with Gasteiger partial charge in [0.15, 0.2) is 0 Å². The van der Waals surface area contributed by atoms with Crippen molar-refractivity contribution in [1.82, 2.24) is 5.32 Å². The van der Waals surface area contributed by atoms with Gasteiger partial charge in [-0.15, -0.1) is 0 Å². The molecule has 0 spiro atoms. The number of fused-ring (bicyclic) bond motifs is 1. The largest absolute Gasteiger partial charge is 0.393 e. The summed E-state index contributed by atoms with van der Waals surface area (Å²) in [6, 6.07) is 6.86. The van der Waals surface area contributed by atoms with E-state index in [1.807, 2.05) is 0 Å². The Morgan fingerprint density at radius 1 is 1.47 bits per heavy atom. The number of aliphatic hydroxyl groups is 2. The van der Waals surface area contributed by atoms with Gasteiger partial charge in [0, 0.05) is 12.6 Å². The predicted molar refractivity (Wildman–Crippen MR) is 68.0 cm³/mol. The minimum Gasteiger partial charge on any atom is -0.393 e. The second kappa shape index (κ2) is 4.77. The number of benzene rings is 1. The monoisotopic (exact) mass is 235 g/mol. The summed E-state index contributed by atoms with van der Waals surface area (Å²) < 4.78 is 0. The summed E-state index contributed by atoms with van der Waals surface area (Å²) in [5, 5.41) is 22.1. The molecule has 0 heterocycles. The predicted octanol–water partition coefficient (Wildman–Crippen LogP) is 1.32. The van der Waals surface area contributed by atoms with E-state index in [0.29, 0.717) is 12.6 Å². The van der Waals surface area contributed by atoms with E-state index in [4.69, 9.17) is 5.11 Å². The van der Waals surface area contributed by atoms with Gasteiger partial charge in [-0.2, -0.15) is 0 Å². The molecular weight excluding hydrogens is 214 g/mol. The summed E-state index contributed by atoms with van der Waals surface area (Å²) in [6.07, 6.45) is 2.16. The third-order valence-corrected chi connectivity index (χ3v) is 3.45. The fourth-order valence-electron chi connectivity index (χ4n) is 2.33. The van der Waals surface area contributed by atoms with E-state index in [2.05, 4.69) is 30.4 Å². The third-order valence-electron chi connectivity index (χ3n) is 3.45. The highest BCUT2D eigenvalue weighted by molar-refractivity contribution is 5.37. The average molecular weight is 235 g/mol. The average Bonchev–Trinajstić information content (AvgIpc) is 2.69. The molecule has 1 aliphatic rings. The van der Waals surface area contributed by atoms with E-state index in [9.17, 15) is 5.11 Å². The van der Waals surface area contributed by atoms with Gasteiger partial charge in [0.05, 0.1) is 12.2 Å². The third kappa shape index (κ3) is 2.86. The molecule has 1 aromatic rings. The van der Waals surface area contributed by atoms with Crippen molar-refractivity contribution in [2.75, 3.05) is 13.2 Å². The number of aliphatic hydroxyl groups excluding tert-OH is 1. The zero-order valence-corrected chi connectivity index (χ0v) is 10.5. The molecule has 1 aliphatic carbocycles. The fourth-order valence-corrected chi connectivity index (χ4v) is 2.33. The lowest BCUT2D eigenvalue weighted by Gasteiger charge is -2.24. The van der Waals surface area contributed by atoms with Crippen LogP contribution < -0.4 is 5.32 Å². The zero-order chi connectivity index (χ0) is 12.5. The molecule has 0 aromatic heterocycles.